The number of hydrogen-bond acceptors (Lipinski definition) is 5. The summed E-state index contributed by atoms with van der Waals surface area (Å²) < 4.78 is 5.51. The van der Waals surface area contributed by atoms with E-state index in [1.807, 2.05) is 6.92 Å². The number of nitrogens with one attached hydrogen (secondary N) is 1. The lowest BCUT2D eigenvalue weighted by Crippen LogP contribution is -2.42. The van der Waals surface area contributed by atoms with E-state index in [4.69, 9.17) is 10.5 Å². The third kappa shape index (κ3) is 3.44. The Labute approximate surface area is 124 Å². The highest BCUT2D eigenvalue weighted by Gasteiger charge is 2.34. The summed E-state index contributed by atoms with van der Waals surface area (Å²) in [6.45, 7) is 2.91. The average molecular weight is 293 g/mol. The highest BCUT2D eigenvalue weighted by atomic mass is 16.6. The maximum absolute atomic E-state index is 11.4. The zero-order valence-corrected chi connectivity index (χ0v) is 12.4. The van der Waals surface area contributed by atoms with Crippen LogP contribution in [0.2, 0.25) is 0 Å². The standard InChI is InChI=1S/C15H23N3O3/c1-2-10-21-13-7-5-6-12(14(13)18(19)20)17-15(11-16)8-3-4-9-15/h5-7,17H,2-4,8-11,16H2,1H3. The van der Waals surface area contributed by atoms with Crippen LogP contribution >= 0.6 is 0 Å². The molecule has 0 heterocycles. The highest BCUT2D eigenvalue weighted by Crippen LogP contribution is 2.39. The Morgan fingerprint density at radius 3 is 2.71 bits per heavy atom. The van der Waals surface area contributed by atoms with Crippen LogP contribution in [0, 0.1) is 10.1 Å². The van der Waals surface area contributed by atoms with Crippen molar-refractivity contribution in [3.05, 3.63) is 28.3 Å². The molecule has 116 valence electrons. The molecule has 0 spiro atoms. The van der Waals surface area contributed by atoms with Crippen molar-refractivity contribution in [3.63, 3.8) is 0 Å². The van der Waals surface area contributed by atoms with Crippen molar-refractivity contribution in [2.24, 2.45) is 5.73 Å². The van der Waals surface area contributed by atoms with Crippen LogP contribution < -0.4 is 15.8 Å². The number of nitrogens with two attached hydrogens (primary N) is 1. The minimum atomic E-state index is -0.382. The number of ether oxygens (including phenoxy) is 1. The van der Waals surface area contributed by atoms with Crippen LogP contribution in [0.1, 0.15) is 39.0 Å². The molecule has 0 aliphatic heterocycles. The Bertz CT molecular complexity index is 499. The first kappa shape index (κ1) is 15.6. The molecule has 6 nitrogen and oxygen atoms in total. The van der Waals surface area contributed by atoms with Gasteiger partial charge in [0.1, 0.15) is 5.69 Å². The molecule has 6 heteroatoms. The van der Waals surface area contributed by atoms with E-state index in [2.05, 4.69) is 5.32 Å². The van der Waals surface area contributed by atoms with Gasteiger partial charge in [-0.25, -0.2) is 0 Å². The van der Waals surface area contributed by atoms with Crippen molar-refractivity contribution in [1.82, 2.24) is 0 Å². The van der Waals surface area contributed by atoms with Gasteiger partial charge in [0.15, 0.2) is 5.75 Å². The Balaban J connectivity index is 2.31. The number of nitro groups is 1. The molecule has 0 saturated heterocycles. The molecule has 2 rings (SSSR count). The van der Waals surface area contributed by atoms with Gasteiger partial charge >= 0.3 is 5.69 Å². The predicted molar refractivity (Wildman–Crippen MR) is 82.8 cm³/mol. The smallest absolute Gasteiger partial charge is 0.333 e. The SMILES string of the molecule is CCCOc1cccc(NC2(CN)CCCC2)c1[N+](=O)[O-]. The molecule has 0 aromatic heterocycles. The Hall–Kier alpha value is -1.82. The first-order chi connectivity index (χ1) is 10.1. The van der Waals surface area contributed by atoms with Crippen molar-refractivity contribution in [2.75, 3.05) is 18.5 Å². The molecule has 1 aromatic rings. The van der Waals surface area contributed by atoms with Crippen LogP contribution in [0.4, 0.5) is 11.4 Å². The molecule has 0 amide bonds. The molecule has 1 aliphatic carbocycles. The molecule has 1 aromatic carbocycles. The quantitative estimate of drug-likeness (QED) is 0.595. The van der Waals surface area contributed by atoms with E-state index in [0.717, 1.165) is 32.1 Å². The maximum atomic E-state index is 11.4. The third-order valence-electron chi connectivity index (χ3n) is 3.99. The summed E-state index contributed by atoms with van der Waals surface area (Å²) in [7, 11) is 0. The number of rotatable bonds is 7. The Kier molecular flexibility index (Phi) is 5.01. The van der Waals surface area contributed by atoms with Gasteiger partial charge < -0.3 is 15.8 Å². The van der Waals surface area contributed by atoms with E-state index in [0.29, 0.717) is 24.6 Å². The summed E-state index contributed by atoms with van der Waals surface area (Å²) in [5.41, 5.74) is 6.18. The number of benzene rings is 1. The number of anilines is 1. The highest BCUT2D eigenvalue weighted by molar-refractivity contribution is 5.69. The van der Waals surface area contributed by atoms with E-state index < -0.39 is 0 Å². The summed E-state index contributed by atoms with van der Waals surface area (Å²) in [5.74, 6) is 0.317. The van der Waals surface area contributed by atoms with Crippen molar-refractivity contribution in [3.8, 4) is 5.75 Å². The predicted octanol–water partition coefficient (Wildman–Crippen LogP) is 3.07. The zero-order valence-electron chi connectivity index (χ0n) is 12.4. The minimum Gasteiger partial charge on any atom is -0.487 e. The van der Waals surface area contributed by atoms with Gasteiger partial charge in [0.2, 0.25) is 0 Å². The van der Waals surface area contributed by atoms with E-state index in [1.165, 1.54) is 0 Å². The van der Waals surface area contributed by atoms with Crippen LogP contribution in [0.3, 0.4) is 0 Å². The lowest BCUT2D eigenvalue weighted by atomic mass is 9.97. The van der Waals surface area contributed by atoms with Gasteiger partial charge in [0.05, 0.1) is 11.5 Å². The summed E-state index contributed by atoms with van der Waals surface area (Å²) in [5, 5.41) is 14.8. The summed E-state index contributed by atoms with van der Waals surface area (Å²) in [4.78, 5) is 11.0. The molecule has 3 N–H and O–H groups in total. The number of nitrogens with zero attached hydrogens (tertiary/aromatic N) is 1. The van der Waals surface area contributed by atoms with Crippen LogP contribution in [0.15, 0.2) is 18.2 Å². The molecular formula is C15H23N3O3. The first-order valence-corrected chi connectivity index (χ1v) is 7.50. The van der Waals surface area contributed by atoms with Gasteiger partial charge in [-0.2, -0.15) is 0 Å². The second kappa shape index (κ2) is 6.76. The molecule has 0 radical (unpaired) electrons. The molecule has 1 aliphatic rings. The first-order valence-electron chi connectivity index (χ1n) is 7.50. The molecule has 1 saturated carbocycles. The van der Waals surface area contributed by atoms with Gasteiger partial charge in [-0.15, -0.1) is 0 Å². The van der Waals surface area contributed by atoms with E-state index in [-0.39, 0.29) is 16.1 Å². The van der Waals surface area contributed by atoms with Crippen LogP contribution in [-0.4, -0.2) is 23.6 Å². The Morgan fingerprint density at radius 2 is 2.14 bits per heavy atom. The second-order valence-corrected chi connectivity index (χ2v) is 5.57. The van der Waals surface area contributed by atoms with Crippen molar-refractivity contribution in [1.29, 1.82) is 0 Å². The van der Waals surface area contributed by atoms with Crippen LogP contribution in [0.5, 0.6) is 5.75 Å². The van der Waals surface area contributed by atoms with Gasteiger partial charge in [-0.05, 0) is 31.4 Å². The lowest BCUT2D eigenvalue weighted by molar-refractivity contribution is -0.385. The fourth-order valence-electron chi connectivity index (χ4n) is 2.86. The molecule has 0 bridgehead atoms. The zero-order chi connectivity index (χ0) is 15.3. The van der Waals surface area contributed by atoms with E-state index >= 15 is 0 Å². The fourth-order valence-corrected chi connectivity index (χ4v) is 2.86. The maximum Gasteiger partial charge on any atom is 0.333 e. The van der Waals surface area contributed by atoms with E-state index in [9.17, 15) is 10.1 Å². The summed E-state index contributed by atoms with van der Waals surface area (Å²) in [6, 6.07) is 5.15. The van der Waals surface area contributed by atoms with Gasteiger partial charge in [0.25, 0.3) is 0 Å². The largest absolute Gasteiger partial charge is 0.487 e. The molecule has 0 unspecified atom stereocenters. The topological polar surface area (TPSA) is 90.4 Å². The third-order valence-corrected chi connectivity index (χ3v) is 3.99. The normalized spacial score (nSPS) is 16.7. The number of nitro benzene ring substituents is 1. The average Bonchev–Trinajstić information content (AvgIpc) is 2.94. The van der Waals surface area contributed by atoms with Crippen molar-refractivity contribution < 1.29 is 9.66 Å². The Morgan fingerprint density at radius 1 is 1.43 bits per heavy atom. The lowest BCUT2D eigenvalue weighted by Gasteiger charge is -2.30. The number of para-hydroxylation sites is 1. The number of hydrogen-bond donors (Lipinski definition) is 2. The fraction of sp³-hybridized carbons (Fsp3) is 0.600. The van der Waals surface area contributed by atoms with Gasteiger partial charge in [-0.1, -0.05) is 25.8 Å². The second-order valence-electron chi connectivity index (χ2n) is 5.57. The summed E-state index contributed by atoms with van der Waals surface area (Å²) in [6.07, 6.45) is 4.90. The van der Waals surface area contributed by atoms with Gasteiger partial charge in [0, 0.05) is 12.1 Å². The minimum absolute atomic E-state index is 0.00525. The van der Waals surface area contributed by atoms with Crippen LogP contribution in [0.25, 0.3) is 0 Å². The molecular weight excluding hydrogens is 270 g/mol. The molecule has 0 atom stereocenters. The van der Waals surface area contributed by atoms with Gasteiger partial charge in [-0.3, -0.25) is 10.1 Å². The monoisotopic (exact) mass is 293 g/mol. The van der Waals surface area contributed by atoms with Crippen molar-refractivity contribution in [2.45, 2.75) is 44.6 Å². The molecule has 21 heavy (non-hydrogen) atoms. The van der Waals surface area contributed by atoms with Crippen molar-refractivity contribution >= 4 is 11.4 Å². The summed E-state index contributed by atoms with van der Waals surface area (Å²) >= 11 is 0. The van der Waals surface area contributed by atoms with E-state index in [1.54, 1.807) is 18.2 Å². The molecule has 1 fully saturated rings. The van der Waals surface area contributed by atoms with Crippen LogP contribution in [-0.2, 0) is 0 Å².